The molecule has 0 radical (unpaired) electrons. The molecule has 18 heavy (non-hydrogen) atoms. The molecule has 5 heteroatoms. The van der Waals surface area contributed by atoms with Gasteiger partial charge in [0.05, 0.1) is 6.54 Å². The highest BCUT2D eigenvalue weighted by Crippen LogP contribution is 2.24. The number of anilines is 1. The molecule has 1 aromatic rings. The van der Waals surface area contributed by atoms with E-state index in [1.54, 1.807) is 30.0 Å². The normalized spacial score (nSPS) is 19.7. The fourth-order valence-electron chi connectivity index (χ4n) is 2.08. The van der Waals surface area contributed by atoms with E-state index in [0.29, 0.717) is 5.56 Å². The first-order valence-electron chi connectivity index (χ1n) is 5.69. The number of rotatable bonds is 2. The molecule has 1 atom stereocenters. The molecule has 2 rings (SSSR count). The summed E-state index contributed by atoms with van der Waals surface area (Å²) in [6.45, 7) is 3.75. The van der Waals surface area contributed by atoms with Crippen LogP contribution in [0.1, 0.15) is 22.8 Å². The van der Waals surface area contributed by atoms with Crippen LogP contribution >= 0.6 is 0 Å². The average molecular weight is 246 g/mol. The van der Waals surface area contributed by atoms with Gasteiger partial charge in [0.15, 0.2) is 0 Å². The molecule has 1 aliphatic heterocycles. The first kappa shape index (κ1) is 12.3. The largest absolute Gasteiger partial charge is 0.350 e. The Kier molecular flexibility index (Phi) is 3.14. The van der Waals surface area contributed by atoms with Gasteiger partial charge >= 0.3 is 0 Å². The highest BCUT2D eigenvalue weighted by Gasteiger charge is 2.30. The molecule has 1 unspecified atom stereocenters. The van der Waals surface area contributed by atoms with Gasteiger partial charge in [-0.2, -0.15) is 0 Å². The zero-order chi connectivity index (χ0) is 13.3. The van der Waals surface area contributed by atoms with E-state index in [-0.39, 0.29) is 18.4 Å². The van der Waals surface area contributed by atoms with Crippen molar-refractivity contribution in [2.45, 2.75) is 19.9 Å². The second-order valence-electron chi connectivity index (χ2n) is 4.38. The molecule has 0 bridgehead atoms. The number of benzene rings is 1. The number of piperazine rings is 1. The molecule has 1 heterocycles. The monoisotopic (exact) mass is 246 g/mol. The number of hydrogen-bond acceptors (Lipinski definition) is 4. The summed E-state index contributed by atoms with van der Waals surface area (Å²) >= 11 is 0. The SMILES string of the molecule is Cc1cc(C=O)ccc1N1CC(=O)NC(=O)C1C. The minimum Gasteiger partial charge on any atom is -0.350 e. The van der Waals surface area contributed by atoms with E-state index >= 15 is 0 Å². The molecular formula is C13H14N2O3. The molecule has 1 aliphatic rings. The van der Waals surface area contributed by atoms with Crippen molar-refractivity contribution < 1.29 is 14.4 Å². The van der Waals surface area contributed by atoms with Crippen LogP contribution in [0.25, 0.3) is 0 Å². The number of carbonyl (C=O) groups is 3. The summed E-state index contributed by atoms with van der Waals surface area (Å²) in [5.74, 6) is -0.609. The number of aldehydes is 1. The molecule has 1 fully saturated rings. The lowest BCUT2D eigenvalue weighted by Crippen LogP contribution is -2.57. The highest BCUT2D eigenvalue weighted by atomic mass is 16.2. The Hall–Kier alpha value is -2.17. The Morgan fingerprint density at radius 2 is 2.11 bits per heavy atom. The lowest BCUT2D eigenvalue weighted by molar-refractivity contribution is -0.132. The predicted octanol–water partition coefficient (Wildman–Crippen LogP) is 0.659. The van der Waals surface area contributed by atoms with Crippen LogP contribution in [0.3, 0.4) is 0 Å². The van der Waals surface area contributed by atoms with Crippen LogP contribution in [-0.4, -0.2) is 30.7 Å². The van der Waals surface area contributed by atoms with Crippen molar-refractivity contribution in [1.29, 1.82) is 0 Å². The number of nitrogens with zero attached hydrogens (tertiary/aromatic N) is 1. The van der Waals surface area contributed by atoms with Gasteiger partial charge in [0.1, 0.15) is 12.3 Å². The third-order valence-electron chi connectivity index (χ3n) is 3.09. The Bertz CT molecular complexity index is 525. The van der Waals surface area contributed by atoms with Crippen LogP contribution in [0.2, 0.25) is 0 Å². The molecule has 1 saturated heterocycles. The van der Waals surface area contributed by atoms with E-state index in [1.807, 2.05) is 6.92 Å². The van der Waals surface area contributed by atoms with Crippen molar-refractivity contribution in [3.05, 3.63) is 29.3 Å². The molecule has 0 aliphatic carbocycles. The summed E-state index contributed by atoms with van der Waals surface area (Å²) in [5.41, 5.74) is 2.25. The average Bonchev–Trinajstić information content (AvgIpc) is 2.34. The fraction of sp³-hybridized carbons (Fsp3) is 0.308. The third-order valence-corrected chi connectivity index (χ3v) is 3.09. The molecule has 1 aromatic carbocycles. The van der Waals surface area contributed by atoms with Crippen LogP contribution in [0.5, 0.6) is 0 Å². The van der Waals surface area contributed by atoms with E-state index in [9.17, 15) is 14.4 Å². The summed E-state index contributed by atoms with van der Waals surface area (Å²) in [5, 5.41) is 2.30. The molecule has 2 amide bonds. The number of hydrogen-bond donors (Lipinski definition) is 1. The molecule has 1 N–H and O–H groups in total. The Morgan fingerprint density at radius 1 is 1.39 bits per heavy atom. The van der Waals surface area contributed by atoms with Crippen LogP contribution in [0.4, 0.5) is 5.69 Å². The quantitative estimate of drug-likeness (QED) is 0.615. The summed E-state index contributed by atoms with van der Waals surface area (Å²) in [6.07, 6.45) is 0.772. The molecule has 0 saturated carbocycles. The van der Waals surface area contributed by atoms with Gasteiger partial charge in [-0.05, 0) is 37.6 Å². The maximum Gasteiger partial charge on any atom is 0.249 e. The maximum absolute atomic E-state index is 11.6. The maximum atomic E-state index is 11.6. The Balaban J connectivity index is 2.38. The smallest absolute Gasteiger partial charge is 0.249 e. The van der Waals surface area contributed by atoms with Gasteiger partial charge in [0, 0.05) is 11.3 Å². The summed E-state index contributed by atoms with van der Waals surface area (Å²) in [6, 6.07) is 4.79. The van der Waals surface area contributed by atoms with Crippen molar-refractivity contribution in [3.63, 3.8) is 0 Å². The van der Waals surface area contributed by atoms with Crippen molar-refractivity contribution in [3.8, 4) is 0 Å². The van der Waals surface area contributed by atoms with E-state index in [4.69, 9.17) is 0 Å². The van der Waals surface area contributed by atoms with Gasteiger partial charge in [-0.15, -0.1) is 0 Å². The minimum atomic E-state index is -0.400. The zero-order valence-corrected chi connectivity index (χ0v) is 10.3. The third kappa shape index (κ3) is 2.11. The number of amides is 2. The lowest BCUT2D eigenvalue weighted by Gasteiger charge is -2.34. The van der Waals surface area contributed by atoms with Crippen molar-refractivity contribution in [1.82, 2.24) is 5.32 Å². The summed E-state index contributed by atoms with van der Waals surface area (Å²) < 4.78 is 0. The summed E-state index contributed by atoms with van der Waals surface area (Å²) in [4.78, 5) is 35.4. The first-order chi connectivity index (χ1) is 8.52. The van der Waals surface area contributed by atoms with Gasteiger partial charge in [-0.25, -0.2) is 0 Å². The minimum absolute atomic E-state index is 0.147. The lowest BCUT2D eigenvalue weighted by atomic mass is 10.1. The van der Waals surface area contributed by atoms with E-state index in [2.05, 4.69) is 5.32 Å². The molecule has 0 spiro atoms. The topological polar surface area (TPSA) is 66.5 Å². The van der Waals surface area contributed by atoms with Crippen LogP contribution in [-0.2, 0) is 9.59 Å². The zero-order valence-electron chi connectivity index (χ0n) is 10.3. The number of imide groups is 1. The van der Waals surface area contributed by atoms with E-state index in [1.165, 1.54) is 0 Å². The van der Waals surface area contributed by atoms with Gasteiger partial charge in [-0.3, -0.25) is 19.7 Å². The van der Waals surface area contributed by atoms with Crippen LogP contribution in [0, 0.1) is 6.92 Å². The highest BCUT2D eigenvalue weighted by molar-refractivity contribution is 6.04. The summed E-state index contributed by atoms with van der Waals surface area (Å²) in [7, 11) is 0. The molecular weight excluding hydrogens is 232 g/mol. The number of carbonyl (C=O) groups excluding carboxylic acids is 3. The van der Waals surface area contributed by atoms with Crippen molar-refractivity contribution in [2.75, 3.05) is 11.4 Å². The molecule has 94 valence electrons. The second-order valence-corrected chi connectivity index (χ2v) is 4.38. The number of aryl methyl sites for hydroxylation is 1. The van der Waals surface area contributed by atoms with E-state index in [0.717, 1.165) is 17.5 Å². The van der Waals surface area contributed by atoms with Crippen molar-refractivity contribution >= 4 is 23.8 Å². The first-order valence-corrected chi connectivity index (χ1v) is 5.69. The Labute approximate surface area is 105 Å². The molecule has 0 aromatic heterocycles. The van der Waals surface area contributed by atoms with Gasteiger partial charge in [0.2, 0.25) is 11.8 Å². The van der Waals surface area contributed by atoms with Gasteiger partial charge < -0.3 is 4.90 Å². The fourth-order valence-corrected chi connectivity index (χ4v) is 2.08. The van der Waals surface area contributed by atoms with Crippen LogP contribution in [0.15, 0.2) is 18.2 Å². The molecule has 5 nitrogen and oxygen atoms in total. The van der Waals surface area contributed by atoms with E-state index < -0.39 is 6.04 Å². The predicted molar refractivity (Wildman–Crippen MR) is 66.5 cm³/mol. The van der Waals surface area contributed by atoms with Crippen molar-refractivity contribution in [2.24, 2.45) is 0 Å². The Morgan fingerprint density at radius 3 is 2.72 bits per heavy atom. The van der Waals surface area contributed by atoms with Crippen LogP contribution < -0.4 is 10.2 Å². The second kappa shape index (κ2) is 4.60. The number of nitrogens with one attached hydrogen (secondary N) is 1. The van der Waals surface area contributed by atoms with Gasteiger partial charge in [-0.1, -0.05) is 0 Å². The standard InChI is InChI=1S/C13H14N2O3/c1-8-5-10(7-16)3-4-11(8)15-6-12(17)14-13(18)9(15)2/h3-5,7,9H,6H2,1-2H3,(H,14,17,18). The van der Waals surface area contributed by atoms with Gasteiger partial charge in [0.25, 0.3) is 0 Å².